The molecule has 0 radical (unpaired) electrons. The molecule has 1 aliphatic rings. The van der Waals surface area contributed by atoms with Crippen molar-refractivity contribution in [2.24, 2.45) is 0 Å². The topological polar surface area (TPSA) is 12.9 Å². The lowest BCUT2D eigenvalue weighted by molar-refractivity contribution is 0.888. The molecule has 1 nitrogen and oxygen atoms in total. The highest BCUT2D eigenvalue weighted by Gasteiger charge is 2.38. The molecule has 2 rings (SSSR count). The minimum atomic E-state index is -0.288. The molecule has 1 fully saturated rings. The number of aromatic nitrogens is 1. The summed E-state index contributed by atoms with van der Waals surface area (Å²) in [4.78, 5) is 4.43. The number of nitrogens with zero attached hydrogens (tertiary/aromatic N) is 1. The molecular weight excluding hydrogens is 274 g/mol. The van der Waals surface area contributed by atoms with Crippen molar-refractivity contribution in [3.8, 4) is 0 Å². The first-order valence-electron chi connectivity index (χ1n) is 5.10. The third-order valence-corrected chi connectivity index (χ3v) is 6.88. The second kappa shape index (κ2) is 5.21. The van der Waals surface area contributed by atoms with Crippen LogP contribution in [0.15, 0.2) is 24.4 Å². The Morgan fingerprint density at radius 3 is 3.00 bits per heavy atom. The molecule has 1 aromatic heterocycles. The molecule has 0 amide bonds. The molecule has 5 heteroatoms. The SMILES string of the molecule is CC1CCSC(C(=S)[S-])(c2ccccn2)S1. The van der Waals surface area contributed by atoms with Crippen LogP contribution in [0.25, 0.3) is 0 Å². The van der Waals surface area contributed by atoms with E-state index >= 15 is 0 Å². The average Bonchev–Trinajstić information content (AvgIpc) is 2.30. The third-order valence-electron chi connectivity index (χ3n) is 2.47. The summed E-state index contributed by atoms with van der Waals surface area (Å²) in [6.45, 7) is 2.23. The van der Waals surface area contributed by atoms with Crippen molar-refractivity contribution >= 4 is 52.6 Å². The summed E-state index contributed by atoms with van der Waals surface area (Å²) in [6.07, 6.45) is 3.02. The van der Waals surface area contributed by atoms with Gasteiger partial charge in [0.25, 0.3) is 0 Å². The number of rotatable bonds is 2. The first-order valence-corrected chi connectivity index (χ1v) is 7.78. The van der Waals surface area contributed by atoms with Gasteiger partial charge in [0, 0.05) is 11.4 Å². The molecule has 1 aliphatic heterocycles. The highest BCUT2D eigenvalue weighted by atomic mass is 32.2. The summed E-state index contributed by atoms with van der Waals surface area (Å²) in [5, 5.41) is 0.587. The number of thioether (sulfide) groups is 2. The zero-order valence-corrected chi connectivity index (χ0v) is 12.1. The van der Waals surface area contributed by atoms with Crippen LogP contribution in [-0.2, 0) is 16.7 Å². The van der Waals surface area contributed by atoms with E-state index in [1.165, 1.54) is 6.42 Å². The minimum absolute atomic E-state index is 0.288. The van der Waals surface area contributed by atoms with Crippen molar-refractivity contribution in [2.45, 2.75) is 22.7 Å². The van der Waals surface area contributed by atoms with E-state index in [0.29, 0.717) is 9.45 Å². The molecule has 1 aromatic rings. The van der Waals surface area contributed by atoms with E-state index in [1.54, 1.807) is 0 Å². The van der Waals surface area contributed by atoms with E-state index < -0.39 is 0 Å². The molecule has 86 valence electrons. The Morgan fingerprint density at radius 2 is 2.44 bits per heavy atom. The first-order chi connectivity index (χ1) is 7.65. The normalized spacial score (nSPS) is 29.9. The van der Waals surface area contributed by atoms with Gasteiger partial charge in [-0.2, -0.15) is 0 Å². The van der Waals surface area contributed by atoms with Crippen LogP contribution >= 0.6 is 35.7 Å². The van der Waals surface area contributed by atoms with E-state index in [9.17, 15) is 0 Å². The fraction of sp³-hybridized carbons (Fsp3) is 0.455. The third kappa shape index (κ3) is 2.37. The molecule has 0 spiro atoms. The van der Waals surface area contributed by atoms with E-state index in [1.807, 2.05) is 47.9 Å². The van der Waals surface area contributed by atoms with Gasteiger partial charge >= 0.3 is 0 Å². The smallest absolute Gasteiger partial charge is 0.111 e. The van der Waals surface area contributed by atoms with Gasteiger partial charge in [0.05, 0.1) is 5.69 Å². The first kappa shape index (κ1) is 12.6. The van der Waals surface area contributed by atoms with Crippen molar-refractivity contribution in [1.82, 2.24) is 4.98 Å². The van der Waals surface area contributed by atoms with Gasteiger partial charge in [-0.3, -0.25) is 4.98 Å². The van der Waals surface area contributed by atoms with Crippen LogP contribution in [0.4, 0.5) is 0 Å². The zero-order chi connectivity index (χ0) is 11.6. The Bertz CT molecular complexity index is 381. The van der Waals surface area contributed by atoms with Gasteiger partial charge in [-0.15, -0.1) is 27.7 Å². The molecule has 2 atom stereocenters. The molecule has 16 heavy (non-hydrogen) atoms. The van der Waals surface area contributed by atoms with Crippen LogP contribution in [0.2, 0.25) is 0 Å². The fourth-order valence-corrected chi connectivity index (χ4v) is 5.95. The number of hydrogen-bond acceptors (Lipinski definition) is 5. The summed E-state index contributed by atoms with van der Waals surface area (Å²) >= 11 is 14.3. The van der Waals surface area contributed by atoms with Crippen molar-refractivity contribution in [3.05, 3.63) is 30.1 Å². The predicted molar refractivity (Wildman–Crippen MR) is 80.0 cm³/mol. The van der Waals surface area contributed by atoms with Crippen molar-refractivity contribution in [2.75, 3.05) is 5.75 Å². The Kier molecular flexibility index (Phi) is 4.11. The molecule has 0 bridgehead atoms. The monoisotopic (exact) mass is 286 g/mol. The molecule has 0 N–H and O–H groups in total. The summed E-state index contributed by atoms with van der Waals surface area (Å²) in [5.74, 6) is 1.10. The summed E-state index contributed by atoms with van der Waals surface area (Å²) in [5.41, 5.74) is 0.997. The van der Waals surface area contributed by atoms with Crippen molar-refractivity contribution in [1.29, 1.82) is 0 Å². The minimum Gasteiger partial charge on any atom is -0.430 e. The lowest BCUT2D eigenvalue weighted by Gasteiger charge is -2.41. The number of thiocarbonyl (C=S) groups is 1. The fourth-order valence-electron chi connectivity index (χ4n) is 1.65. The van der Waals surface area contributed by atoms with Crippen LogP contribution in [0.5, 0.6) is 0 Å². The van der Waals surface area contributed by atoms with Crippen molar-refractivity contribution in [3.63, 3.8) is 0 Å². The molecule has 1 saturated heterocycles. The Balaban J connectivity index is 2.39. The Labute approximate surface area is 116 Å². The van der Waals surface area contributed by atoms with Crippen LogP contribution in [-0.4, -0.2) is 20.2 Å². The van der Waals surface area contributed by atoms with Gasteiger partial charge < -0.3 is 24.8 Å². The van der Waals surface area contributed by atoms with E-state index in [4.69, 9.17) is 24.8 Å². The second-order valence-corrected chi connectivity index (χ2v) is 7.98. The standard InChI is InChI=1S/C11H13NS4/c1-8-5-7-15-11(16-8,10(13)14)9-4-2-3-6-12-9/h2-4,6,8H,5,7H2,1H3,(H,13,14)/p-1. The van der Waals surface area contributed by atoms with Gasteiger partial charge in [0.2, 0.25) is 0 Å². The molecule has 0 saturated carbocycles. The molecule has 2 heterocycles. The quantitative estimate of drug-likeness (QED) is 0.609. The maximum atomic E-state index is 5.30. The molecule has 0 aromatic carbocycles. The van der Waals surface area contributed by atoms with Crippen LogP contribution < -0.4 is 0 Å². The van der Waals surface area contributed by atoms with E-state index in [0.717, 1.165) is 11.4 Å². The van der Waals surface area contributed by atoms with Crippen molar-refractivity contribution < 1.29 is 0 Å². The van der Waals surface area contributed by atoms with Crippen LogP contribution in [0.1, 0.15) is 19.0 Å². The van der Waals surface area contributed by atoms with E-state index in [2.05, 4.69) is 11.9 Å². The summed E-state index contributed by atoms with van der Waals surface area (Å²) in [7, 11) is 0. The predicted octanol–water partition coefficient (Wildman–Crippen LogP) is 3.37. The summed E-state index contributed by atoms with van der Waals surface area (Å²) < 4.78 is 0.330. The van der Waals surface area contributed by atoms with Gasteiger partial charge in [0.1, 0.15) is 4.08 Å². The number of hydrogen-bond donors (Lipinski definition) is 0. The number of pyridine rings is 1. The summed E-state index contributed by atoms with van der Waals surface area (Å²) in [6, 6.07) is 5.94. The average molecular weight is 286 g/mol. The zero-order valence-electron chi connectivity index (χ0n) is 8.88. The molecule has 0 aliphatic carbocycles. The van der Waals surface area contributed by atoms with Crippen LogP contribution in [0, 0.1) is 0 Å². The van der Waals surface area contributed by atoms with E-state index in [-0.39, 0.29) is 4.08 Å². The maximum absolute atomic E-state index is 5.30. The van der Waals surface area contributed by atoms with Gasteiger partial charge in [-0.1, -0.05) is 13.0 Å². The largest absolute Gasteiger partial charge is 0.430 e. The van der Waals surface area contributed by atoms with Gasteiger partial charge in [0.15, 0.2) is 0 Å². The Hall–Kier alpha value is 0.160. The highest BCUT2D eigenvalue weighted by Crippen LogP contribution is 2.53. The maximum Gasteiger partial charge on any atom is 0.111 e. The van der Waals surface area contributed by atoms with Gasteiger partial charge in [-0.05, 0) is 24.3 Å². The second-order valence-electron chi connectivity index (χ2n) is 3.68. The van der Waals surface area contributed by atoms with Crippen LogP contribution in [0.3, 0.4) is 0 Å². The van der Waals surface area contributed by atoms with Gasteiger partial charge in [-0.25, -0.2) is 0 Å². The lowest BCUT2D eigenvalue weighted by atomic mass is 10.3. The highest BCUT2D eigenvalue weighted by molar-refractivity contribution is 8.23. The molecule has 2 unspecified atom stereocenters. The lowest BCUT2D eigenvalue weighted by Crippen LogP contribution is -2.33. The molecular formula is C11H12NS4-. The Morgan fingerprint density at radius 1 is 1.62 bits per heavy atom.